The minimum atomic E-state index is -3.64. The second-order valence-corrected chi connectivity index (χ2v) is 13.6. The standard InChI is InChI=1S/C32H29FN8O3S/c1-45(43,44)30(34)19-8-18(9-21(33)10-19)23-6-7-36-31-24(23)12-27(39-31)29-25-13-26(37-16-28(25)40-41-29)20-11-22(15-35-14-20)38-32(42)17-4-2-3-5-17/h6-17,30H,2-5,34H2,1H3,(H,36,39)(H,38,42)(H,40,41). The Hall–Kier alpha value is -5.01. The highest BCUT2D eigenvalue weighted by atomic mass is 32.2. The zero-order valence-electron chi connectivity index (χ0n) is 24.2. The summed E-state index contributed by atoms with van der Waals surface area (Å²) >= 11 is 0. The number of aromatic nitrogens is 6. The summed E-state index contributed by atoms with van der Waals surface area (Å²) < 4.78 is 38.8. The van der Waals surface area contributed by atoms with Crippen LogP contribution in [0.25, 0.3) is 55.7 Å². The minimum Gasteiger partial charge on any atom is -0.338 e. The number of pyridine rings is 3. The van der Waals surface area contributed by atoms with Crippen molar-refractivity contribution in [3.63, 3.8) is 0 Å². The molecule has 0 saturated heterocycles. The number of nitrogens with two attached hydrogens (primary N) is 1. The van der Waals surface area contributed by atoms with E-state index in [0.717, 1.165) is 49.0 Å². The van der Waals surface area contributed by atoms with Gasteiger partial charge in [0.05, 0.1) is 35.0 Å². The van der Waals surface area contributed by atoms with Crippen LogP contribution in [0, 0.1) is 11.7 Å². The van der Waals surface area contributed by atoms with Crippen LogP contribution >= 0.6 is 0 Å². The molecular formula is C32H29FN8O3S. The molecule has 1 amide bonds. The van der Waals surface area contributed by atoms with Crippen LogP contribution in [0.3, 0.4) is 0 Å². The molecule has 0 spiro atoms. The van der Waals surface area contributed by atoms with Crippen LogP contribution in [0.1, 0.15) is 36.6 Å². The summed E-state index contributed by atoms with van der Waals surface area (Å²) in [4.78, 5) is 29.4. The van der Waals surface area contributed by atoms with E-state index in [0.29, 0.717) is 50.4 Å². The predicted molar refractivity (Wildman–Crippen MR) is 170 cm³/mol. The number of carbonyl (C=O) groups is 1. The number of anilines is 1. The van der Waals surface area contributed by atoms with E-state index >= 15 is 0 Å². The van der Waals surface area contributed by atoms with Crippen LogP contribution in [0.2, 0.25) is 0 Å². The molecule has 5 aromatic heterocycles. The van der Waals surface area contributed by atoms with Crippen LogP contribution in [-0.2, 0) is 14.6 Å². The van der Waals surface area contributed by atoms with Crippen molar-refractivity contribution in [3.05, 3.63) is 78.6 Å². The molecule has 11 nitrogen and oxygen atoms in total. The molecule has 0 radical (unpaired) electrons. The lowest BCUT2D eigenvalue weighted by atomic mass is 10.0. The van der Waals surface area contributed by atoms with Crippen LogP contribution in [0.5, 0.6) is 0 Å². The number of hydrogen-bond donors (Lipinski definition) is 4. The highest BCUT2D eigenvalue weighted by molar-refractivity contribution is 7.90. The van der Waals surface area contributed by atoms with E-state index in [4.69, 9.17) is 5.73 Å². The number of halogens is 1. The number of aromatic amines is 2. The van der Waals surface area contributed by atoms with Gasteiger partial charge in [0.15, 0.2) is 9.84 Å². The molecule has 0 bridgehead atoms. The molecule has 7 rings (SSSR count). The van der Waals surface area contributed by atoms with Gasteiger partial charge in [-0.25, -0.2) is 17.8 Å². The average Bonchev–Trinajstić information content (AvgIpc) is 3.79. The van der Waals surface area contributed by atoms with E-state index < -0.39 is 21.0 Å². The number of benzene rings is 1. The summed E-state index contributed by atoms with van der Waals surface area (Å²) in [5.41, 5.74) is 11.7. The van der Waals surface area contributed by atoms with E-state index in [1.165, 1.54) is 6.07 Å². The summed E-state index contributed by atoms with van der Waals surface area (Å²) in [6.07, 6.45) is 11.6. The number of fused-ring (bicyclic) bond motifs is 2. The lowest BCUT2D eigenvalue weighted by Crippen LogP contribution is -2.20. The molecular weight excluding hydrogens is 595 g/mol. The second-order valence-electron chi connectivity index (χ2n) is 11.4. The zero-order valence-corrected chi connectivity index (χ0v) is 25.0. The molecule has 1 aromatic carbocycles. The van der Waals surface area contributed by atoms with Gasteiger partial charge in [0.1, 0.15) is 22.5 Å². The van der Waals surface area contributed by atoms with Crippen molar-refractivity contribution in [3.8, 4) is 33.8 Å². The summed E-state index contributed by atoms with van der Waals surface area (Å²) in [7, 11) is -3.64. The molecule has 5 N–H and O–H groups in total. The fourth-order valence-electron chi connectivity index (χ4n) is 5.95. The van der Waals surface area contributed by atoms with Gasteiger partial charge >= 0.3 is 0 Å². The number of hydrogen-bond acceptors (Lipinski definition) is 8. The zero-order chi connectivity index (χ0) is 31.3. The van der Waals surface area contributed by atoms with Crippen LogP contribution in [-0.4, -0.2) is 50.7 Å². The third-order valence-electron chi connectivity index (χ3n) is 8.28. The van der Waals surface area contributed by atoms with Crippen molar-refractivity contribution >= 4 is 43.4 Å². The first-order chi connectivity index (χ1) is 21.6. The van der Waals surface area contributed by atoms with Crippen LogP contribution in [0.4, 0.5) is 10.1 Å². The molecule has 0 aliphatic heterocycles. The van der Waals surface area contributed by atoms with Gasteiger partial charge in [-0.1, -0.05) is 12.8 Å². The lowest BCUT2D eigenvalue weighted by molar-refractivity contribution is -0.119. The average molecular weight is 625 g/mol. The van der Waals surface area contributed by atoms with Gasteiger partial charge in [0.2, 0.25) is 5.91 Å². The molecule has 1 unspecified atom stereocenters. The Morgan fingerprint density at radius 2 is 1.84 bits per heavy atom. The maximum atomic E-state index is 14.7. The Balaban J connectivity index is 1.25. The van der Waals surface area contributed by atoms with Gasteiger partial charge in [0.25, 0.3) is 0 Å². The molecule has 6 aromatic rings. The topological polar surface area (TPSA) is 172 Å². The van der Waals surface area contributed by atoms with Gasteiger partial charge in [-0.2, -0.15) is 5.10 Å². The maximum absolute atomic E-state index is 14.7. The summed E-state index contributed by atoms with van der Waals surface area (Å²) in [5.74, 6) is -0.542. The fourth-order valence-corrected chi connectivity index (χ4v) is 6.58. The van der Waals surface area contributed by atoms with E-state index in [9.17, 15) is 17.6 Å². The van der Waals surface area contributed by atoms with E-state index in [1.807, 2.05) is 18.2 Å². The number of rotatable bonds is 7. The molecule has 1 fully saturated rings. The highest BCUT2D eigenvalue weighted by Gasteiger charge is 2.23. The minimum absolute atomic E-state index is 0.0199. The van der Waals surface area contributed by atoms with Gasteiger partial charge < -0.3 is 16.0 Å². The quantitative estimate of drug-likeness (QED) is 0.180. The lowest BCUT2D eigenvalue weighted by Gasteiger charge is -2.12. The molecule has 1 saturated carbocycles. The van der Waals surface area contributed by atoms with Gasteiger partial charge in [0, 0.05) is 40.9 Å². The molecule has 1 aliphatic carbocycles. The Labute approximate surface area is 257 Å². The smallest absolute Gasteiger partial charge is 0.227 e. The molecule has 228 valence electrons. The Morgan fingerprint density at radius 3 is 2.64 bits per heavy atom. The predicted octanol–water partition coefficient (Wildman–Crippen LogP) is 5.50. The fraction of sp³-hybridized carbons (Fsp3) is 0.219. The van der Waals surface area contributed by atoms with Gasteiger partial charge in [-0.3, -0.25) is 19.9 Å². The number of nitrogens with one attached hydrogen (secondary N) is 3. The normalized spacial score (nSPS) is 14.7. The van der Waals surface area contributed by atoms with Crippen molar-refractivity contribution in [2.75, 3.05) is 11.6 Å². The molecule has 45 heavy (non-hydrogen) atoms. The molecule has 1 atom stereocenters. The first-order valence-corrected chi connectivity index (χ1v) is 16.4. The second kappa shape index (κ2) is 11.2. The van der Waals surface area contributed by atoms with Crippen molar-refractivity contribution in [2.24, 2.45) is 11.7 Å². The number of nitrogens with zero attached hydrogens (tertiary/aromatic N) is 4. The van der Waals surface area contributed by atoms with Gasteiger partial charge in [-0.15, -0.1) is 0 Å². The van der Waals surface area contributed by atoms with E-state index in [2.05, 4.69) is 35.5 Å². The molecule has 1 aliphatic rings. The SMILES string of the molecule is CS(=O)(=O)C(N)c1cc(F)cc(-c2ccnc3[nH]c(-c4n[nH]c5cnc(-c6cncc(NC(=O)C7CCCC7)c6)cc45)cc23)c1. The Kier molecular flexibility index (Phi) is 7.13. The van der Waals surface area contributed by atoms with Crippen LogP contribution < -0.4 is 11.1 Å². The van der Waals surface area contributed by atoms with Gasteiger partial charge in [-0.05, 0) is 72.0 Å². The first kappa shape index (κ1) is 28.7. The number of amides is 1. The largest absolute Gasteiger partial charge is 0.338 e. The third-order valence-corrected chi connectivity index (χ3v) is 9.48. The van der Waals surface area contributed by atoms with Crippen molar-refractivity contribution in [2.45, 2.75) is 31.1 Å². The van der Waals surface area contributed by atoms with E-state index in [-0.39, 0.29) is 17.4 Å². The van der Waals surface area contributed by atoms with Crippen molar-refractivity contribution in [1.29, 1.82) is 0 Å². The van der Waals surface area contributed by atoms with E-state index in [1.54, 1.807) is 36.9 Å². The molecule has 13 heteroatoms. The summed E-state index contributed by atoms with van der Waals surface area (Å²) in [5, 5.41) is 10.7. The number of H-pyrrole nitrogens is 2. The van der Waals surface area contributed by atoms with Crippen molar-refractivity contribution in [1.82, 2.24) is 30.1 Å². The number of carbonyl (C=O) groups excluding carboxylic acids is 1. The summed E-state index contributed by atoms with van der Waals surface area (Å²) in [6.45, 7) is 0. The Bertz CT molecular complexity index is 2210. The number of sulfone groups is 1. The summed E-state index contributed by atoms with van der Waals surface area (Å²) in [6, 6.07) is 11.4. The Morgan fingerprint density at radius 1 is 1.02 bits per heavy atom. The van der Waals surface area contributed by atoms with Crippen molar-refractivity contribution < 1.29 is 17.6 Å². The molecule has 5 heterocycles. The highest BCUT2D eigenvalue weighted by Crippen LogP contribution is 2.35. The van der Waals surface area contributed by atoms with Crippen LogP contribution in [0.15, 0.2) is 67.3 Å². The third kappa shape index (κ3) is 5.56. The first-order valence-electron chi connectivity index (χ1n) is 14.5. The monoisotopic (exact) mass is 624 g/mol. The maximum Gasteiger partial charge on any atom is 0.227 e.